The summed E-state index contributed by atoms with van der Waals surface area (Å²) in [6.07, 6.45) is 0. The van der Waals surface area contributed by atoms with Crippen molar-refractivity contribution in [3.05, 3.63) is 155 Å². The Hall–Kier alpha value is -4.96. The molecular formula is C35H26O4. The molecule has 0 unspecified atom stereocenters. The molecule has 0 fully saturated rings. The molecule has 4 heteroatoms. The van der Waals surface area contributed by atoms with Gasteiger partial charge in [0.2, 0.25) is 0 Å². The van der Waals surface area contributed by atoms with E-state index in [0.717, 1.165) is 11.1 Å². The quantitative estimate of drug-likeness (QED) is 0.168. The predicted octanol–water partition coefficient (Wildman–Crippen LogP) is 7.24. The molecule has 1 aliphatic carbocycles. The van der Waals surface area contributed by atoms with Crippen LogP contribution in [0.1, 0.15) is 39.5 Å². The number of rotatable bonds is 7. The van der Waals surface area contributed by atoms with Gasteiger partial charge in [0.25, 0.3) is 0 Å². The van der Waals surface area contributed by atoms with Gasteiger partial charge in [-0.2, -0.15) is 0 Å². The molecule has 4 nitrogen and oxygen atoms in total. The third kappa shape index (κ3) is 4.30. The van der Waals surface area contributed by atoms with Gasteiger partial charge < -0.3 is 9.47 Å². The summed E-state index contributed by atoms with van der Waals surface area (Å²) in [5.74, 6) is 0.708. The van der Waals surface area contributed by atoms with E-state index in [0.29, 0.717) is 17.1 Å². The third-order valence-electron chi connectivity index (χ3n) is 7.19. The lowest BCUT2D eigenvalue weighted by Crippen LogP contribution is -2.28. The van der Waals surface area contributed by atoms with Crippen LogP contribution in [0.4, 0.5) is 0 Å². The number of ketones is 1. The fourth-order valence-corrected chi connectivity index (χ4v) is 5.52. The Kier molecular flexibility index (Phi) is 6.29. The number of ether oxygens (including phenoxy) is 2. The van der Waals surface area contributed by atoms with E-state index in [1.165, 1.54) is 29.2 Å². The van der Waals surface area contributed by atoms with Crippen molar-refractivity contribution < 1.29 is 19.1 Å². The van der Waals surface area contributed by atoms with Crippen molar-refractivity contribution in [3.63, 3.8) is 0 Å². The molecule has 0 saturated carbocycles. The zero-order valence-electron chi connectivity index (χ0n) is 21.5. The normalized spacial score (nSPS) is 12.7. The molecule has 0 heterocycles. The number of carbonyl (C=O) groups is 2. The minimum absolute atomic E-state index is 0.0257. The summed E-state index contributed by atoms with van der Waals surface area (Å²) in [5.41, 5.74) is 6.77. The SMILES string of the molecule is CC(=O)COc1ccc(C2(c3ccc(OC(=O)c4ccccc4)cc3)c3ccccc3-c3ccccc32)cc1. The number of Topliss-reactive ketones (excluding diaryl/α,β-unsaturated/α-hetero) is 1. The first-order chi connectivity index (χ1) is 19.1. The minimum atomic E-state index is -0.589. The molecule has 39 heavy (non-hydrogen) atoms. The second-order valence-electron chi connectivity index (χ2n) is 9.64. The van der Waals surface area contributed by atoms with E-state index in [1.54, 1.807) is 12.1 Å². The van der Waals surface area contributed by atoms with Crippen LogP contribution in [0.5, 0.6) is 11.5 Å². The highest BCUT2D eigenvalue weighted by Gasteiger charge is 2.45. The van der Waals surface area contributed by atoms with Crippen LogP contribution in [-0.2, 0) is 10.2 Å². The molecule has 0 amide bonds. The van der Waals surface area contributed by atoms with E-state index in [9.17, 15) is 9.59 Å². The Morgan fingerprint density at radius 3 is 1.62 bits per heavy atom. The van der Waals surface area contributed by atoms with Crippen LogP contribution in [0, 0.1) is 0 Å². The Morgan fingerprint density at radius 1 is 0.590 bits per heavy atom. The highest BCUT2D eigenvalue weighted by Crippen LogP contribution is 2.56. The Balaban J connectivity index is 1.46. The minimum Gasteiger partial charge on any atom is -0.486 e. The van der Waals surface area contributed by atoms with Crippen molar-refractivity contribution in [1.82, 2.24) is 0 Å². The molecule has 1 aliphatic rings. The lowest BCUT2D eigenvalue weighted by molar-refractivity contribution is -0.118. The predicted molar refractivity (Wildman–Crippen MR) is 151 cm³/mol. The number of carbonyl (C=O) groups excluding carboxylic acids is 2. The summed E-state index contributed by atoms with van der Waals surface area (Å²) in [6.45, 7) is 1.55. The maximum absolute atomic E-state index is 12.6. The zero-order valence-corrected chi connectivity index (χ0v) is 21.5. The molecule has 5 aromatic rings. The van der Waals surface area contributed by atoms with E-state index in [1.807, 2.05) is 54.6 Å². The molecule has 0 atom stereocenters. The molecule has 0 aromatic heterocycles. The number of esters is 1. The fraction of sp³-hybridized carbons (Fsp3) is 0.0857. The molecule has 0 saturated heterocycles. The molecule has 0 radical (unpaired) electrons. The fourth-order valence-electron chi connectivity index (χ4n) is 5.52. The topological polar surface area (TPSA) is 52.6 Å². The van der Waals surface area contributed by atoms with Crippen LogP contribution in [-0.4, -0.2) is 18.4 Å². The molecule has 0 bridgehead atoms. The summed E-state index contributed by atoms with van der Waals surface area (Å²) in [4.78, 5) is 24.1. The zero-order chi connectivity index (χ0) is 26.8. The van der Waals surface area contributed by atoms with E-state index in [-0.39, 0.29) is 12.4 Å². The molecule has 0 spiro atoms. The maximum atomic E-state index is 12.6. The van der Waals surface area contributed by atoms with Gasteiger partial charge in [-0.05, 0) is 76.7 Å². The van der Waals surface area contributed by atoms with Gasteiger partial charge in [0.15, 0.2) is 5.78 Å². The van der Waals surface area contributed by atoms with E-state index in [4.69, 9.17) is 9.47 Å². The van der Waals surface area contributed by atoms with Crippen molar-refractivity contribution >= 4 is 11.8 Å². The van der Waals surface area contributed by atoms with Crippen LogP contribution >= 0.6 is 0 Å². The molecule has 190 valence electrons. The lowest BCUT2D eigenvalue weighted by atomic mass is 9.68. The standard InChI is InChI=1S/C35H26O4/c1-24(36)23-38-28-19-15-26(16-20-28)35(32-13-7-5-11-30(32)31-12-6-8-14-33(31)35)27-17-21-29(22-18-27)39-34(37)25-9-3-2-4-10-25/h2-22H,23H2,1H3. The molecule has 5 aromatic carbocycles. The Bertz CT molecular complexity index is 1610. The lowest BCUT2D eigenvalue weighted by Gasteiger charge is -2.34. The van der Waals surface area contributed by atoms with Gasteiger partial charge >= 0.3 is 5.97 Å². The van der Waals surface area contributed by atoms with Crippen molar-refractivity contribution in [2.45, 2.75) is 12.3 Å². The second-order valence-corrected chi connectivity index (χ2v) is 9.64. The van der Waals surface area contributed by atoms with Crippen LogP contribution in [0.2, 0.25) is 0 Å². The van der Waals surface area contributed by atoms with Crippen LogP contribution in [0.25, 0.3) is 11.1 Å². The average molecular weight is 511 g/mol. The van der Waals surface area contributed by atoms with Crippen molar-refractivity contribution in [2.75, 3.05) is 6.61 Å². The van der Waals surface area contributed by atoms with Crippen LogP contribution < -0.4 is 9.47 Å². The highest BCUT2D eigenvalue weighted by molar-refractivity contribution is 5.91. The molecule has 6 rings (SSSR count). The van der Waals surface area contributed by atoms with Gasteiger partial charge in [-0.1, -0.05) is 91.0 Å². The van der Waals surface area contributed by atoms with E-state index >= 15 is 0 Å². The number of hydrogen-bond acceptors (Lipinski definition) is 4. The number of benzene rings is 5. The highest BCUT2D eigenvalue weighted by atomic mass is 16.5. The smallest absolute Gasteiger partial charge is 0.343 e. The average Bonchev–Trinajstić information content (AvgIpc) is 3.28. The summed E-state index contributed by atoms with van der Waals surface area (Å²) in [5, 5.41) is 0. The number of fused-ring (bicyclic) bond motifs is 3. The van der Waals surface area contributed by atoms with Crippen molar-refractivity contribution in [3.8, 4) is 22.6 Å². The van der Waals surface area contributed by atoms with E-state index < -0.39 is 11.4 Å². The van der Waals surface area contributed by atoms with Crippen LogP contribution in [0.3, 0.4) is 0 Å². The first kappa shape index (κ1) is 24.4. The van der Waals surface area contributed by atoms with Gasteiger partial charge in [0.1, 0.15) is 18.1 Å². The maximum Gasteiger partial charge on any atom is 0.343 e. The summed E-state index contributed by atoms with van der Waals surface area (Å²) < 4.78 is 11.3. The first-order valence-corrected chi connectivity index (χ1v) is 12.9. The second kappa shape index (κ2) is 10.1. The Morgan fingerprint density at radius 2 is 1.08 bits per heavy atom. The van der Waals surface area contributed by atoms with E-state index in [2.05, 4.69) is 60.7 Å². The van der Waals surface area contributed by atoms with Crippen molar-refractivity contribution in [1.29, 1.82) is 0 Å². The van der Waals surface area contributed by atoms with Gasteiger partial charge in [-0.15, -0.1) is 0 Å². The molecular weight excluding hydrogens is 484 g/mol. The van der Waals surface area contributed by atoms with Gasteiger partial charge in [-0.3, -0.25) is 4.79 Å². The molecule has 0 aliphatic heterocycles. The van der Waals surface area contributed by atoms with Gasteiger partial charge in [-0.25, -0.2) is 4.79 Å². The van der Waals surface area contributed by atoms with Crippen molar-refractivity contribution in [2.24, 2.45) is 0 Å². The molecule has 0 N–H and O–H groups in total. The Labute approximate surface area is 227 Å². The van der Waals surface area contributed by atoms with Gasteiger partial charge in [0.05, 0.1) is 11.0 Å². The first-order valence-electron chi connectivity index (χ1n) is 12.9. The monoisotopic (exact) mass is 510 g/mol. The number of hydrogen-bond donors (Lipinski definition) is 0. The van der Waals surface area contributed by atoms with Gasteiger partial charge in [0, 0.05) is 0 Å². The largest absolute Gasteiger partial charge is 0.486 e. The van der Waals surface area contributed by atoms with Crippen LogP contribution in [0.15, 0.2) is 127 Å². The summed E-state index contributed by atoms with van der Waals surface area (Å²) in [7, 11) is 0. The summed E-state index contributed by atoms with van der Waals surface area (Å²) >= 11 is 0. The summed E-state index contributed by atoms with van der Waals surface area (Å²) in [6, 6.07) is 41.7. The third-order valence-corrected chi connectivity index (χ3v) is 7.19.